The van der Waals surface area contributed by atoms with Crippen LogP contribution in [0.15, 0.2) is 72.8 Å². The molecule has 0 heterocycles. The van der Waals surface area contributed by atoms with Crippen LogP contribution in [-0.2, 0) is 13.2 Å². The lowest BCUT2D eigenvalue weighted by Crippen LogP contribution is -2.05. The molecular formula is C26H26O3. The maximum Gasteiger partial charge on any atom is 0.120 e. The number of ether oxygens (including phenoxy) is 3. The van der Waals surface area contributed by atoms with Gasteiger partial charge in [0.15, 0.2) is 0 Å². The summed E-state index contributed by atoms with van der Waals surface area (Å²) in [7, 11) is 0. The molecular weight excluding hydrogens is 360 g/mol. The topological polar surface area (TPSA) is 27.7 Å². The summed E-state index contributed by atoms with van der Waals surface area (Å²) in [6, 6.07) is 23.8. The third-order valence-electron chi connectivity index (χ3n) is 4.15. The Bertz CT molecular complexity index is 944. The lowest BCUT2D eigenvalue weighted by molar-refractivity contribution is 0.241. The van der Waals surface area contributed by atoms with Crippen LogP contribution in [0.5, 0.6) is 17.2 Å². The van der Waals surface area contributed by atoms with E-state index in [4.69, 9.17) is 14.2 Å². The largest absolute Gasteiger partial charge is 0.491 e. The van der Waals surface area contributed by atoms with Gasteiger partial charge in [-0.3, -0.25) is 0 Å². The highest BCUT2D eigenvalue weighted by atomic mass is 16.5. The van der Waals surface area contributed by atoms with Gasteiger partial charge in [-0.1, -0.05) is 30.2 Å². The zero-order chi connectivity index (χ0) is 20.5. The van der Waals surface area contributed by atoms with Crippen molar-refractivity contribution in [1.82, 2.24) is 0 Å². The molecule has 0 saturated heterocycles. The summed E-state index contributed by atoms with van der Waals surface area (Å²) in [4.78, 5) is 0. The molecule has 0 unspecified atom stereocenters. The van der Waals surface area contributed by atoms with Crippen molar-refractivity contribution in [1.29, 1.82) is 0 Å². The van der Waals surface area contributed by atoms with E-state index in [1.165, 1.54) is 0 Å². The van der Waals surface area contributed by atoms with E-state index in [0.29, 0.717) is 13.2 Å². The number of benzene rings is 3. The van der Waals surface area contributed by atoms with Crippen LogP contribution < -0.4 is 14.2 Å². The van der Waals surface area contributed by atoms with Crippen LogP contribution in [-0.4, -0.2) is 6.10 Å². The average Bonchev–Trinajstić information content (AvgIpc) is 2.73. The molecule has 0 saturated carbocycles. The molecule has 29 heavy (non-hydrogen) atoms. The number of rotatable bonds is 8. The van der Waals surface area contributed by atoms with Gasteiger partial charge in [-0.25, -0.2) is 0 Å². The molecule has 0 spiro atoms. The Hall–Kier alpha value is -3.38. The highest BCUT2D eigenvalue weighted by molar-refractivity contribution is 5.36. The second-order valence-corrected chi connectivity index (χ2v) is 6.93. The van der Waals surface area contributed by atoms with Gasteiger partial charge in [0, 0.05) is 5.56 Å². The molecule has 3 nitrogen and oxygen atoms in total. The van der Waals surface area contributed by atoms with Gasteiger partial charge in [-0.05, 0) is 80.4 Å². The van der Waals surface area contributed by atoms with Gasteiger partial charge in [-0.15, -0.1) is 5.92 Å². The predicted octanol–water partition coefficient (Wildman–Crippen LogP) is 6.00. The summed E-state index contributed by atoms with van der Waals surface area (Å²) < 4.78 is 17.3. The number of hydrogen-bond acceptors (Lipinski definition) is 3. The summed E-state index contributed by atoms with van der Waals surface area (Å²) >= 11 is 0. The van der Waals surface area contributed by atoms with E-state index in [-0.39, 0.29) is 6.10 Å². The first-order chi connectivity index (χ1) is 14.1. The minimum atomic E-state index is 0.164. The smallest absolute Gasteiger partial charge is 0.120 e. The zero-order valence-corrected chi connectivity index (χ0v) is 17.1. The van der Waals surface area contributed by atoms with Crippen molar-refractivity contribution in [3.8, 4) is 29.1 Å². The molecule has 0 aliphatic carbocycles. The Balaban J connectivity index is 1.47. The van der Waals surface area contributed by atoms with Crippen LogP contribution in [0.3, 0.4) is 0 Å². The van der Waals surface area contributed by atoms with E-state index in [1.54, 1.807) is 0 Å². The predicted molar refractivity (Wildman–Crippen MR) is 116 cm³/mol. The molecule has 0 aliphatic heterocycles. The summed E-state index contributed by atoms with van der Waals surface area (Å²) in [5.74, 6) is 8.44. The minimum absolute atomic E-state index is 0.164. The van der Waals surface area contributed by atoms with Gasteiger partial charge in [0.2, 0.25) is 0 Å². The molecule has 0 fully saturated rings. The molecule has 0 amide bonds. The maximum absolute atomic E-state index is 5.86. The lowest BCUT2D eigenvalue weighted by atomic mass is 10.1. The summed E-state index contributed by atoms with van der Waals surface area (Å²) in [6.45, 7) is 6.89. The van der Waals surface area contributed by atoms with Gasteiger partial charge in [-0.2, -0.15) is 0 Å². The summed E-state index contributed by atoms with van der Waals surface area (Å²) in [6.07, 6.45) is 0.164. The Morgan fingerprint density at radius 1 is 0.655 bits per heavy atom. The molecule has 0 aliphatic rings. The van der Waals surface area contributed by atoms with Crippen molar-refractivity contribution in [3.63, 3.8) is 0 Å². The first-order valence-corrected chi connectivity index (χ1v) is 9.75. The monoisotopic (exact) mass is 386 g/mol. The molecule has 0 bridgehead atoms. The maximum atomic E-state index is 5.86. The van der Waals surface area contributed by atoms with Crippen LogP contribution in [0.25, 0.3) is 0 Å². The van der Waals surface area contributed by atoms with Crippen molar-refractivity contribution in [2.75, 3.05) is 0 Å². The molecule has 0 aromatic heterocycles. The Labute approximate surface area is 173 Å². The van der Waals surface area contributed by atoms with Gasteiger partial charge in [0.25, 0.3) is 0 Å². The molecule has 3 rings (SSSR count). The third-order valence-corrected chi connectivity index (χ3v) is 4.15. The van der Waals surface area contributed by atoms with E-state index < -0.39 is 0 Å². The zero-order valence-electron chi connectivity index (χ0n) is 17.1. The van der Waals surface area contributed by atoms with Gasteiger partial charge in [0.05, 0.1) is 6.10 Å². The van der Waals surface area contributed by atoms with E-state index in [2.05, 4.69) is 11.8 Å². The van der Waals surface area contributed by atoms with Gasteiger partial charge < -0.3 is 14.2 Å². The first-order valence-electron chi connectivity index (χ1n) is 9.75. The summed E-state index contributed by atoms with van der Waals surface area (Å²) in [5.41, 5.74) is 3.22. The molecule has 3 aromatic rings. The highest BCUT2D eigenvalue weighted by Gasteiger charge is 2.01. The molecule has 148 valence electrons. The fourth-order valence-electron chi connectivity index (χ4n) is 2.73. The van der Waals surface area contributed by atoms with Crippen LogP contribution in [0, 0.1) is 11.8 Å². The standard InChI is InChI=1S/C26H26O3/c1-4-5-21-6-8-22(9-7-21)18-27-24-12-10-23(11-13-24)19-28-25-14-16-26(17-15-25)29-20(2)3/h6-17,20H,18-19H2,1-3H3. The van der Waals surface area contributed by atoms with E-state index in [1.807, 2.05) is 93.6 Å². The minimum Gasteiger partial charge on any atom is -0.491 e. The second-order valence-electron chi connectivity index (χ2n) is 6.93. The van der Waals surface area contributed by atoms with Crippen molar-refractivity contribution >= 4 is 0 Å². The van der Waals surface area contributed by atoms with Crippen LogP contribution in [0.4, 0.5) is 0 Å². The Kier molecular flexibility index (Phi) is 7.19. The molecule has 0 radical (unpaired) electrons. The number of hydrogen-bond donors (Lipinski definition) is 0. The highest BCUT2D eigenvalue weighted by Crippen LogP contribution is 2.20. The average molecular weight is 386 g/mol. The molecule has 3 heteroatoms. The van der Waals surface area contributed by atoms with E-state index in [9.17, 15) is 0 Å². The van der Waals surface area contributed by atoms with Crippen molar-refractivity contribution in [2.24, 2.45) is 0 Å². The van der Waals surface area contributed by atoms with Crippen LogP contribution in [0.1, 0.15) is 37.5 Å². The SMILES string of the molecule is CC#Cc1ccc(COc2ccc(COc3ccc(OC(C)C)cc3)cc2)cc1. The summed E-state index contributed by atoms with van der Waals surface area (Å²) in [5, 5.41) is 0. The fourth-order valence-corrected chi connectivity index (χ4v) is 2.73. The van der Waals surface area contributed by atoms with Gasteiger partial charge in [0.1, 0.15) is 30.5 Å². The quantitative estimate of drug-likeness (QED) is 0.444. The Morgan fingerprint density at radius 2 is 1.10 bits per heavy atom. The van der Waals surface area contributed by atoms with Crippen molar-refractivity contribution in [2.45, 2.75) is 40.1 Å². The van der Waals surface area contributed by atoms with Gasteiger partial charge >= 0.3 is 0 Å². The molecule has 3 aromatic carbocycles. The lowest BCUT2D eigenvalue weighted by Gasteiger charge is -2.11. The van der Waals surface area contributed by atoms with E-state index >= 15 is 0 Å². The second kappa shape index (κ2) is 10.2. The third kappa shape index (κ3) is 6.62. The van der Waals surface area contributed by atoms with Crippen molar-refractivity contribution in [3.05, 3.63) is 89.5 Å². The first kappa shape index (κ1) is 20.4. The fraction of sp³-hybridized carbons (Fsp3) is 0.231. The normalized spacial score (nSPS) is 10.2. The van der Waals surface area contributed by atoms with E-state index in [0.717, 1.165) is 33.9 Å². The van der Waals surface area contributed by atoms with Crippen LogP contribution in [0.2, 0.25) is 0 Å². The van der Waals surface area contributed by atoms with Crippen LogP contribution >= 0.6 is 0 Å². The van der Waals surface area contributed by atoms with Crippen molar-refractivity contribution < 1.29 is 14.2 Å². The molecule has 0 atom stereocenters. The molecule has 0 N–H and O–H groups in total. The Morgan fingerprint density at radius 3 is 1.59 bits per heavy atom.